The average molecular weight is 254 g/mol. The molecule has 2 unspecified atom stereocenters. The molecule has 0 aliphatic carbocycles. The summed E-state index contributed by atoms with van der Waals surface area (Å²) in [5, 5.41) is 0. The first-order chi connectivity index (χ1) is 8.81. The molecule has 0 aromatic heterocycles. The van der Waals surface area contributed by atoms with Gasteiger partial charge in [0.1, 0.15) is 0 Å². The van der Waals surface area contributed by atoms with Crippen LogP contribution in [0.3, 0.4) is 0 Å². The minimum Gasteiger partial charge on any atom is -0.378 e. The number of ether oxygens (including phenoxy) is 2. The van der Waals surface area contributed by atoms with Crippen molar-refractivity contribution in [3.05, 3.63) is 0 Å². The lowest BCUT2D eigenvalue weighted by Gasteiger charge is -2.44. The predicted octanol–water partition coefficient (Wildman–Crippen LogP) is 0.995. The highest BCUT2D eigenvalue weighted by Gasteiger charge is 2.42. The highest BCUT2D eigenvalue weighted by Crippen LogP contribution is 2.35. The summed E-state index contributed by atoms with van der Waals surface area (Å²) in [7, 11) is 0. The van der Waals surface area contributed by atoms with Gasteiger partial charge < -0.3 is 20.1 Å². The molecule has 3 aliphatic heterocycles. The van der Waals surface area contributed by atoms with Crippen LogP contribution >= 0.6 is 0 Å². The van der Waals surface area contributed by atoms with E-state index in [4.69, 9.17) is 15.2 Å². The van der Waals surface area contributed by atoms with Gasteiger partial charge in [-0.05, 0) is 51.2 Å². The Hall–Kier alpha value is -0.160. The molecular weight excluding hydrogens is 228 g/mol. The Kier molecular flexibility index (Phi) is 3.89. The van der Waals surface area contributed by atoms with E-state index in [1.807, 2.05) is 0 Å². The molecule has 104 valence electrons. The molecule has 0 saturated carbocycles. The van der Waals surface area contributed by atoms with Gasteiger partial charge in [0.25, 0.3) is 0 Å². The molecule has 0 amide bonds. The third kappa shape index (κ3) is 2.57. The highest BCUT2D eigenvalue weighted by atomic mass is 16.6. The van der Waals surface area contributed by atoms with Gasteiger partial charge in [0.15, 0.2) is 0 Å². The largest absolute Gasteiger partial charge is 0.378 e. The zero-order valence-electron chi connectivity index (χ0n) is 11.3. The number of rotatable bonds is 2. The topological polar surface area (TPSA) is 47.7 Å². The van der Waals surface area contributed by atoms with Crippen LogP contribution in [0.4, 0.5) is 0 Å². The Morgan fingerprint density at radius 3 is 2.67 bits per heavy atom. The zero-order valence-corrected chi connectivity index (χ0v) is 11.3. The molecule has 3 saturated heterocycles. The first-order valence-corrected chi connectivity index (χ1v) is 7.47. The number of piperidine rings is 1. The van der Waals surface area contributed by atoms with Gasteiger partial charge in [-0.3, -0.25) is 0 Å². The summed E-state index contributed by atoms with van der Waals surface area (Å²) in [6, 6.07) is 0.708. The molecule has 3 fully saturated rings. The maximum atomic E-state index is 6.02. The smallest absolute Gasteiger partial charge is 0.0951 e. The van der Waals surface area contributed by atoms with Crippen molar-refractivity contribution in [2.45, 2.75) is 43.7 Å². The first kappa shape index (κ1) is 12.9. The molecule has 3 heterocycles. The summed E-state index contributed by atoms with van der Waals surface area (Å²) in [4.78, 5) is 2.68. The number of nitrogens with two attached hydrogens (primary N) is 1. The molecule has 0 aromatic rings. The van der Waals surface area contributed by atoms with Crippen molar-refractivity contribution in [3.63, 3.8) is 0 Å². The number of hydrogen-bond donors (Lipinski definition) is 1. The lowest BCUT2D eigenvalue weighted by molar-refractivity contribution is -0.109. The monoisotopic (exact) mass is 254 g/mol. The molecule has 2 N–H and O–H groups in total. The molecule has 3 rings (SSSR count). The third-order valence-corrected chi connectivity index (χ3v) is 5.03. The lowest BCUT2D eigenvalue weighted by atomic mass is 9.87. The second kappa shape index (κ2) is 5.45. The normalized spacial score (nSPS) is 39.5. The van der Waals surface area contributed by atoms with E-state index < -0.39 is 0 Å². The van der Waals surface area contributed by atoms with Crippen molar-refractivity contribution in [2.24, 2.45) is 11.7 Å². The van der Waals surface area contributed by atoms with Gasteiger partial charge in [-0.2, -0.15) is 0 Å². The molecular formula is C14H26N2O2. The molecule has 0 aromatic carbocycles. The van der Waals surface area contributed by atoms with E-state index >= 15 is 0 Å². The van der Waals surface area contributed by atoms with Gasteiger partial charge in [0, 0.05) is 25.7 Å². The van der Waals surface area contributed by atoms with Gasteiger partial charge in [-0.15, -0.1) is 0 Å². The van der Waals surface area contributed by atoms with Crippen LogP contribution < -0.4 is 5.73 Å². The zero-order chi connectivity index (χ0) is 12.4. The quantitative estimate of drug-likeness (QED) is 0.798. The highest BCUT2D eigenvalue weighted by molar-refractivity contribution is 4.94. The number of likely N-dealkylation sites (tertiary alicyclic amines) is 1. The van der Waals surface area contributed by atoms with E-state index in [9.17, 15) is 0 Å². The van der Waals surface area contributed by atoms with Gasteiger partial charge in [-0.1, -0.05) is 0 Å². The molecule has 2 atom stereocenters. The fourth-order valence-electron chi connectivity index (χ4n) is 3.73. The van der Waals surface area contributed by atoms with E-state index in [1.54, 1.807) is 0 Å². The average Bonchev–Trinajstić information content (AvgIpc) is 2.87. The van der Waals surface area contributed by atoms with Crippen molar-refractivity contribution in [1.82, 2.24) is 4.90 Å². The fraction of sp³-hybridized carbons (Fsp3) is 1.00. The van der Waals surface area contributed by atoms with Crippen LogP contribution in [0.25, 0.3) is 0 Å². The summed E-state index contributed by atoms with van der Waals surface area (Å²) in [6.45, 7) is 5.90. The van der Waals surface area contributed by atoms with E-state index in [2.05, 4.69) is 4.90 Å². The number of hydrogen-bond acceptors (Lipinski definition) is 4. The molecule has 0 bridgehead atoms. The Bertz CT molecular complexity index is 271. The van der Waals surface area contributed by atoms with Crippen molar-refractivity contribution in [1.29, 1.82) is 0 Å². The maximum Gasteiger partial charge on any atom is 0.0951 e. The fourth-order valence-corrected chi connectivity index (χ4v) is 3.73. The minimum absolute atomic E-state index is 0.0492. The van der Waals surface area contributed by atoms with Crippen LogP contribution in [0.15, 0.2) is 0 Å². The van der Waals surface area contributed by atoms with Crippen LogP contribution in [0, 0.1) is 5.92 Å². The molecule has 18 heavy (non-hydrogen) atoms. The Morgan fingerprint density at radius 2 is 2.00 bits per heavy atom. The third-order valence-electron chi connectivity index (χ3n) is 5.03. The first-order valence-electron chi connectivity index (χ1n) is 7.47. The summed E-state index contributed by atoms with van der Waals surface area (Å²) >= 11 is 0. The van der Waals surface area contributed by atoms with E-state index in [1.165, 1.54) is 38.8 Å². The van der Waals surface area contributed by atoms with Gasteiger partial charge in [0.2, 0.25) is 0 Å². The number of nitrogens with zero attached hydrogens (tertiary/aromatic N) is 1. The van der Waals surface area contributed by atoms with Crippen LogP contribution in [-0.4, -0.2) is 56.0 Å². The summed E-state index contributed by atoms with van der Waals surface area (Å²) in [5.41, 5.74) is 5.82. The Morgan fingerprint density at radius 1 is 1.17 bits per heavy atom. The second-order valence-electron chi connectivity index (χ2n) is 6.20. The summed E-state index contributed by atoms with van der Waals surface area (Å²) in [5.74, 6) is 0.755. The SMILES string of the molecule is NCC1CCN(C2CCOC3(CCOC3)C2)CC1. The van der Waals surface area contributed by atoms with Crippen LogP contribution in [0.5, 0.6) is 0 Å². The summed E-state index contributed by atoms with van der Waals surface area (Å²) in [6.07, 6.45) is 5.99. The van der Waals surface area contributed by atoms with Crippen LogP contribution in [0.1, 0.15) is 32.1 Å². The van der Waals surface area contributed by atoms with E-state index in [0.29, 0.717) is 6.04 Å². The maximum absolute atomic E-state index is 6.02. The molecule has 4 heteroatoms. The van der Waals surface area contributed by atoms with Gasteiger partial charge in [0.05, 0.1) is 12.2 Å². The van der Waals surface area contributed by atoms with Crippen molar-refractivity contribution < 1.29 is 9.47 Å². The van der Waals surface area contributed by atoms with Crippen molar-refractivity contribution in [2.75, 3.05) is 39.5 Å². The standard InChI is InChI=1S/C14H26N2O2/c15-10-12-1-5-16(6-2-12)13-3-7-18-14(9-13)4-8-17-11-14/h12-13H,1-11,15H2. The molecule has 0 radical (unpaired) electrons. The lowest BCUT2D eigenvalue weighted by Crippen LogP contribution is -2.51. The van der Waals surface area contributed by atoms with Gasteiger partial charge >= 0.3 is 0 Å². The van der Waals surface area contributed by atoms with Crippen molar-refractivity contribution in [3.8, 4) is 0 Å². The second-order valence-corrected chi connectivity index (χ2v) is 6.20. The van der Waals surface area contributed by atoms with E-state index in [0.717, 1.165) is 38.7 Å². The van der Waals surface area contributed by atoms with Gasteiger partial charge in [-0.25, -0.2) is 0 Å². The predicted molar refractivity (Wildman–Crippen MR) is 70.5 cm³/mol. The minimum atomic E-state index is 0.0492. The molecule has 3 aliphatic rings. The van der Waals surface area contributed by atoms with E-state index in [-0.39, 0.29) is 5.60 Å². The van der Waals surface area contributed by atoms with Crippen molar-refractivity contribution >= 4 is 0 Å². The molecule has 4 nitrogen and oxygen atoms in total. The Balaban J connectivity index is 1.56. The summed E-state index contributed by atoms with van der Waals surface area (Å²) < 4.78 is 11.6. The van der Waals surface area contributed by atoms with Crippen LogP contribution in [0.2, 0.25) is 0 Å². The Labute approximate surface area is 110 Å². The molecule has 1 spiro atoms. The van der Waals surface area contributed by atoms with Crippen LogP contribution in [-0.2, 0) is 9.47 Å².